The highest BCUT2D eigenvalue weighted by Crippen LogP contribution is 2.22. The van der Waals surface area contributed by atoms with Crippen molar-refractivity contribution >= 4 is 16.5 Å². The summed E-state index contributed by atoms with van der Waals surface area (Å²) in [6.07, 6.45) is 0.734. The monoisotopic (exact) mass is 281 g/mol. The van der Waals surface area contributed by atoms with E-state index in [0.29, 0.717) is 6.61 Å². The van der Waals surface area contributed by atoms with Crippen LogP contribution in [0.3, 0.4) is 0 Å². The molecule has 0 radical (unpaired) electrons. The highest BCUT2D eigenvalue weighted by Gasteiger charge is 2.00. The summed E-state index contributed by atoms with van der Waals surface area (Å²) in [6, 6.07) is 20.7. The van der Waals surface area contributed by atoms with Crippen molar-refractivity contribution in [2.24, 2.45) is 0 Å². The maximum atomic E-state index is 12.8. The molecule has 0 fully saturated rings. The lowest BCUT2D eigenvalue weighted by Crippen LogP contribution is -2.05. The van der Waals surface area contributed by atoms with Crippen molar-refractivity contribution in [1.29, 1.82) is 0 Å². The molecule has 0 saturated carbocycles. The molecule has 3 aromatic rings. The van der Waals surface area contributed by atoms with E-state index in [1.165, 1.54) is 17.5 Å². The number of benzene rings is 3. The molecule has 3 heteroatoms. The Balaban J connectivity index is 1.58. The van der Waals surface area contributed by atoms with E-state index in [1.54, 1.807) is 12.1 Å². The third-order valence-electron chi connectivity index (χ3n) is 3.38. The maximum Gasteiger partial charge on any atom is 0.123 e. The summed E-state index contributed by atoms with van der Waals surface area (Å²) in [5.74, 6) is -0.214. The molecule has 2 nitrogen and oxygen atoms in total. The van der Waals surface area contributed by atoms with Gasteiger partial charge in [-0.1, -0.05) is 48.5 Å². The Morgan fingerprint density at radius 1 is 0.857 bits per heavy atom. The first kappa shape index (κ1) is 13.6. The molecule has 0 saturated heterocycles. The molecule has 0 heterocycles. The van der Waals surface area contributed by atoms with Crippen LogP contribution in [0, 0.1) is 5.82 Å². The summed E-state index contributed by atoms with van der Waals surface area (Å²) in [5, 5.41) is 2.30. The van der Waals surface area contributed by atoms with E-state index in [-0.39, 0.29) is 5.82 Å². The molecule has 0 atom stereocenters. The van der Waals surface area contributed by atoms with Gasteiger partial charge in [0.05, 0.1) is 12.3 Å². The second-order valence-corrected chi connectivity index (χ2v) is 4.85. The van der Waals surface area contributed by atoms with Gasteiger partial charge in [-0.25, -0.2) is 4.39 Å². The molecule has 0 unspecified atom stereocenters. The Morgan fingerprint density at radius 3 is 2.48 bits per heavy atom. The third kappa shape index (κ3) is 3.38. The number of rotatable bonds is 5. The smallest absolute Gasteiger partial charge is 0.123 e. The standard InChI is InChI=1S/C18H16FNO/c19-16-10-8-14(9-11-16)12-13-21-20-18-7-3-5-15-4-1-2-6-17(15)18/h1-11,20H,12-13H2. The summed E-state index contributed by atoms with van der Waals surface area (Å²) < 4.78 is 12.8. The first-order valence-corrected chi connectivity index (χ1v) is 6.93. The molecule has 3 rings (SSSR count). The van der Waals surface area contributed by atoms with Gasteiger partial charge < -0.3 is 0 Å². The first-order valence-electron chi connectivity index (χ1n) is 6.93. The number of nitrogens with one attached hydrogen (secondary N) is 1. The Labute approximate surface area is 123 Å². The Hall–Kier alpha value is -2.39. The molecule has 3 aromatic carbocycles. The van der Waals surface area contributed by atoms with Crippen molar-refractivity contribution in [3.05, 3.63) is 78.1 Å². The number of hydrogen-bond donors (Lipinski definition) is 1. The van der Waals surface area contributed by atoms with Crippen LogP contribution in [0.4, 0.5) is 10.1 Å². The summed E-state index contributed by atoms with van der Waals surface area (Å²) in [4.78, 5) is 5.52. The van der Waals surface area contributed by atoms with Gasteiger partial charge in [0.2, 0.25) is 0 Å². The van der Waals surface area contributed by atoms with Gasteiger partial charge in [0, 0.05) is 5.39 Å². The number of hydrogen-bond acceptors (Lipinski definition) is 2. The summed E-state index contributed by atoms with van der Waals surface area (Å²) in [7, 11) is 0. The van der Waals surface area contributed by atoms with Crippen molar-refractivity contribution < 1.29 is 9.23 Å². The second kappa shape index (κ2) is 6.37. The lowest BCUT2D eigenvalue weighted by molar-refractivity contribution is 0.198. The fraction of sp³-hybridized carbons (Fsp3) is 0.111. The Kier molecular flexibility index (Phi) is 4.12. The van der Waals surface area contributed by atoms with Gasteiger partial charge in [0.15, 0.2) is 0 Å². The molecule has 0 aliphatic rings. The number of anilines is 1. The summed E-state index contributed by atoms with van der Waals surface area (Å²) >= 11 is 0. The lowest BCUT2D eigenvalue weighted by Gasteiger charge is -2.10. The van der Waals surface area contributed by atoms with Gasteiger partial charge in [-0.15, -0.1) is 0 Å². The number of fused-ring (bicyclic) bond motifs is 1. The van der Waals surface area contributed by atoms with Crippen LogP contribution in [0.25, 0.3) is 10.8 Å². The molecule has 0 aromatic heterocycles. The zero-order chi connectivity index (χ0) is 14.5. The van der Waals surface area contributed by atoms with Crippen LogP contribution in [0.1, 0.15) is 5.56 Å². The van der Waals surface area contributed by atoms with Gasteiger partial charge >= 0.3 is 0 Å². The Bertz CT molecular complexity index is 719. The van der Waals surface area contributed by atoms with E-state index in [4.69, 9.17) is 4.84 Å². The quantitative estimate of drug-likeness (QED) is 0.546. The Morgan fingerprint density at radius 2 is 1.62 bits per heavy atom. The van der Waals surface area contributed by atoms with Crippen LogP contribution >= 0.6 is 0 Å². The molecule has 0 aliphatic carbocycles. The molecule has 106 valence electrons. The van der Waals surface area contributed by atoms with Crippen molar-refractivity contribution in [3.8, 4) is 0 Å². The van der Waals surface area contributed by atoms with E-state index < -0.39 is 0 Å². The predicted octanol–water partition coefficient (Wildman–Crippen LogP) is 4.57. The molecule has 0 bridgehead atoms. The largest absolute Gasteiger partial charge is 0.276 e. The van der Waals surface area contributed by atoms with Crippen LogP contribution in [-0.4, -0.2) is 6.61 Å². The van der Waals surface area contributed by atoms with Crippen molar-refractivity contribution in [2.45, 2.75) is 6.42 Å². The van der Waals surface area contributed by atoms with Gasteiger partial charge in [0.1, 0.15) is 5.82 Å². The highest BCUT2D eigenvalue weighted by atomic mass is 19.1. The molecular formula is C18H16FNO. The average Bonchev–Trinajstić information content (AvgIpc) is 2.53. The molecule has 0 amide bonds. The van der Waals surface area contributed by atoms with Crippen molar-refractivity contribution in [3.63, 3.8) is 0 Å². The van der Waals surface area contributed by atoms with Crippen LogP contribution < -0.4 is 5.48 Å². The predicted molar refractivity (Wildman–Crippen MR) is 83.6 cm³/mol. The third-order valence-corrected chi connectivity index (χ3v) is 3.38. The molecule has 1 N–H and O–H groups in total. The van der Waals surface area contributed by atoms with Gasteiger partial charge in [-0.05, 0) is 35.6 Å². The van der Waals surface area contributed by atoms with Crippen LogP contribution in [0.5, 0.6) is 0 Å². The van der Waals surface area contributed by atoms with Crippen LogP contribution in [-0.2, 0) is 11.3 Å². The molecule has 21 heavy (non-hydrogen) atoms. The summed E-state index contributed by atoms with van der Waals surface area (Å²) in [5.41, 5.74) is 5.00. The normalized spacial score (nSPS) is 10.7. The first-order chi connectivity index (χ1) is 10.3. The molecule has 0 aliphatic heterocycles. The van der Waals surface area contributed by atoms with E-state index >= 15 is 0 Å². The molecular weight excluding hydrogens is 265 g/mol. The van der Waals surface area contributed by atoms with Crippen LogP contribution in [0.15, 0.2) is 66.7 Å². The second-order valence-electron chi connectivity index (χ2n) is 4.85. The maximum absolute atomic E-state index is 12.8. The highest BCUT2D eigenvalue weighted by molar-refractivity contribution is 5.93. The number of halogens is 1. The minimum atomic E-state index is -0.214. The molecule has 0 spiro atoms. The topological polar surface area (TPSA) is 21.3 Å². The van der Waals surface area contributed by atoms with Crippen LogP contribution in [0.2, 0.25) is 0 Å². The average molecular weight is 281 g/mol. The fourth-order valence-electron chi connectivity index (χ4n) is 2.26. The minimum absolute atomic E-state index is 0.214. The van der Waals surface area contributed by atoms with E-state index in [0.717, 1.165) is 23.1 Å². The van der Waals surface area contributed by atoms with Gasteiger partial charge in [-0.3, -0.25) is 10.3 Å². The fourth-order valence-corrected chi connectivity index (χ4v) is 2.26. The van der Waals surface area contributed by atoms with Crippen molar-refractivity contribution in [1.82, 2.24) is 0 Å². The zero-order valence-electron chi connectivity index (χ0n) is 11.6. The van der Waals surface area contributed by atoms with Crippen molar-refractivity contribution in [2.75, 3.05) is 12.1 Å². The lowest BCUT2D eigenvalue weighted by atomic mass is 10.1. The van der Waals surface area contributed by atoms with Gasteiger partial charge in [0.25, 0.3) is 0 Å². The van der Waals surface area contributed by atoms with Gasteiger partial charge in [-0.2, -0.15) is 0 Å². The SMILES string of the molecule is Fc1ccc(CCONc2cccc3ccccc23)cc1. The minimum Gasteiger partial charge on any atom is -0.276 e. The van der Waals surface area contributed by atoms with E-state index in [9.17, 15) is 4.39 Å². The van der Waals surface area contributed by atoms with E-state index in [1.807, 2.05) is 24.3 Å². The summed E-state index contributed by atoms with van der Waals surface area (Å²) in [6.45, 7) is 0.523. The zero-order valence-corrected chi connectivity index (χ0v) is 11.6. The van der Waals surface area contributed by atoms with E-state index in [2.05, 4.69) is 23.7 Å².